The molecule has 2 aliphatic heterocycles. The quantitative estimate of drug-likeness (QED) is 0.903. The van der Waals surface area contributed by atoms with Crippen LogP contribution in [-0.4, -0.2) is 42.1 Å². The number of hydrogen-bond acceptors (Lipinski definition) is 2. The van der Waals surface area contributed by atoms with Crippen molar-refractivity contribution < 1.29 is 4.39 Å². The second kappa shape index (κ2) is 6.62. The van der Waals surface area contributed by atoms with E-state index in [1.165, 1.54) is 69.2 Å². The number of halogens is 1. The molecule has 124 valence electrons. The van der Waals surface area contributed by atoms with Gasteiger partial charge in [-0.3, -0.25) is 0 Å². The number of fused-ring (bicyclic) bond motifs is 1. The van der Waals surface area contributed by atoms with E-state index < -0.39 is 0 Å². The minimum atomic E-state index is -0.166. The first-order valence-electron chi connectivity index (χ1n) is 9.02. The van der Waals surface area contributed by atoms with Gasteiger partial charge in [0.1, 0.15) is 5.82 Å². The predicted molar refractivity (Wildman–Crippen MR) is 92.3 cm³/mol. The van der Waals surface area contributed by atoms with Gasteiger partial charge in [-0.05, 0) is 88.0 Å². The summed E-state index contributed by atoms with van der Waals surface area (Å²) in [6.07, 6.45) is 8.49. The largest absolute Gasteiger partial charge is 0.361 e. The van der Waals surface area contributed by atoms with E-state index in [4.69, 9.17) is 0 Å². The van der Waals surface area contributed by atoms with Crippen LogP contribution in [-0.2, 0) is 0 Å². The summed E-state index contributed by atoms with van der Waals surface area (Å²) in [6, 6.07) is 5.84. The molecule has 1 atom stereocenters. The van der Waals surface area contributed by atoms with Crippen LogP contribution >= 0.6 is 0 Å². The first kappa shape index (κ1) is 15.2. The second-order valence-electron chi connectivity index (χ2n) is 7.13. The Kier molecular flexibility index (Phi) is 4.36. The fraction of sp³-hybridized carbons (Fsp3) is 0.579. The van der Waals surface area contributed by atoms with E-state index in [0.717, 1.165) is 11.6 Å². The first-order chi connectivity index (χ1) is 11.3. The summed E-state index contributed by atoms with van der Waals surface area (Å²) in [7, 11) is 0. The Morgan fingerprint density at radius 3 is 2.83 bits per heavy atom. The molecule has 1 aromatic heterocycles. The zero-order chi connectivity index (χ0) is 15.6. The van der Waals surface area contributed by atoms with Crippen molar-refractivity contribution in [2.75, 3.05) is 26.2 Å². The number of piperidine rings is 1. The number of rotatable bonds is 4. The van der Waals surface area contributed by atoms with Crippen molar-refractivity contribution in [3.8, 4) is 0 Å². The molecule has 2 fully saturated rings. The molecule has 23 heavy (non-hydrogen) atoms. The van der Waals surface area contributed by atoms with Gasteiger partial charge in [0, 0.05) is 23.1 Å². The van der Waals surface area contributed by atoms with Crippen LogP contribution < -0.4 is 5.32 Å². The van der Waals surface area contributed by atoms with Crippen LogP contribution in [0.2, 0.25) is 0 Å². The van der Waals surface area contributed by atoms with Gasteiger partial charge < -0.3 is 15.2 Å². The van der Waals surface area contributed by atoms with Gasteiger partial charge in [0.05, 0.1) is 0 Å². The van der Waals surface area contributed by atoms with Crippen molar-refractivity contribution >= 4 is 10.9 Å². The third-order valence-corrected chi connectivity index (χ3v) is 5.66. The van der Waals surface area contributed by atoms with Gasteiger partial charge in [-0.2, -0.15) is 0 Å². The molecule has 4 heteroatoms. The number of likely N-dealkylation sites (tertiary alicyclic amines) is 1. The Bertz CT molecular complexity index is 652. The fourth-order valence-corrected chi connectivity index (χ4v) is 4.27. The molecule has 4 rings (SSSR count). The zero-order valence-corrected chi connectivity index (χ0v) is 13.7. The van der Waals surface area contributed by atoms with Crippen LogP contribution in [0.4, 0.5) is 4.39 Å². The maximum atomic E-state index is 13.3. The Morgan fingerprint density at radius 2 is 2.04 bits per heavy atom. The lowest BCUT2D eigenvalue weighted by molar-refractivity contribution is 0.204. The molecule has 0 aliphatic carbocycles. The molecule has 0 spiro atoms. The topological polar surface area (TPSA) is 31.1 Å². The number of hydrogen-bond donors (Lipinski definition) is 2. The van der Waals surface area contributed by atoms with Crippen LogP contribution in [0.15, 0.2) is 24.4 Å². The van der Waals surface area contributed by atoms with Crippen molar-refractivity contribution in [3.05, 3.63) is 35.8 Å². The zero-order valence-electron chi connectivity index (χ0n) is 13.7. The molecule has 3 heterocycles. The Labute approximate surface area is 137 Å². The van der Waals surface area contributed by atoms with Crippen molar-refractivity contribution in [1.29, 1.82) is 0 Å². The summed E-state index contributed by atoms with van der Waals surface area (Å²) in [5.74, 6) is 0.441. The highest BCUT2D eigenvalue weighted by Crippen LogP contribution is 2.33. The summed E-state index contributed by atoms with van der Waals surface area (Å²) in [4.78, 5) is 5.85. The number of aromatic amines is 1. The summed E-state index contributed by atoms with van der Waals surface area (Å²) >= 11 is 0. The number of benzene rings is 1. The lowest BCUT2D eigenvalue weighted by atomic mass is 9.89. The van der Waals surface area contributed by atoms with E-state index in [9.17, 15) is 4.39 Å². The normalized spacial score (nSPS) is 23.8. The molecule has 0 saturated carbocycles. The first-order valence-corrected chi connectivity index (χ1v) is 9.02. The molecule has 1 aromatic carbocycles. The van der Waals surface area contributed by atoms with E-state index in [1.54, 1.807) is 12.1 Å². The van der Waals surface area contributed by atoms with Gasteiger partial charge >= 0.3 is 0 Å². The van der Waals surface area contributed by atoms with Gasteiger partial charge in [0.2, 0.25) is 0 Å². The molecule has 3 nitrogen and oxygen atoms in total. The fourth-order valence-electron chi connectivity index (χ4n) is 4.27. The second-order valence-corrected chi connectivity index (χ2v) is 7.13. The van der Waals surface area contributed by atoms with Crippen LogP contribution in [0.25, 0.3) is 10.9 Å². The van der Waals surface area contributed by atoms with Gasteiger partial charge in [-0.25, -0.2) is 4.39 Å². The molecule has 1 unspecified atom stereocenters. The smallest absolute Gasteiger partial charge is 0.125 e. The molecule has 2 aliphatic rings. The van der Waals surface area contributed by atoms with E-state index in [-0.39, 0.29) is 5.82 Å². The van der Waals surface area contributed by atoms with Gasteiger partial charge in [-0.15, -0.1) is 0 Å². The average molecular weight is 315 g/mol. The third kappa shape index (κ3) is 3.29. The highest BCUT2D eigenvalue weighted by Gasteiger charge is 2.23. The predicted octanol–water partition coefficient (Wildman–Crippen LogP) is 3.63. The Hall–Kier alpha value is -1.39. The number of nitrogens with zero attached hydrogens (tertiary/aromatic N) is 1. The molecule has 2 N–H and O–H groups in total. The number of nitrogens with one attached hydrogen (secondary N) is 2. The Morgan fingerprint density at radius 1 is 1.17 bits per heavy atom. The average Bonchev–Trinajstić information content (AvgIpc) is 3.22. The maximum absolute atomic E-state index is 13.3. The van der Waals surface area contributed by atoms with Gasteiger partial charge in [0.25, 0.3) is 0 Å². The standard InChI is InChI=1S/C19H26FN3/c20-15-3-4-17-18(13-22-19(17)12-15)14-5-9-23(10-6-14)11-7-16-2-1-8-21-16/h3-4,12-14,16,21-22H,1-2,5-11H2. The highest BCUT2D eigenvalue weighted by molar-refractivity contribution is 5.83. The molecule has 0 amide bonds. The summed E-state index contributed by atoms with van der Waals surface area (Å²) in [6.45, 7) is 4.80. The molecular formula is C19H26FN3. The lowest BCUT2D eigenvalue weighted by Gasteiger charge is -2.32. The lowest BCUT2D eigenvalue weighted by Crippen LogP contribution is -2.36. The highest BCUT2D eigenvalue weighted by atomic mass is 19.1. The summed E-state index contributed by atoms with van der Waals surface area (Å²) in [5.41, 5.74) is 2.30. The van der Waals surface area contributed by atoms with E-state index in [0.29, 0.717) is 5.92 Å². The number of H-pyrrole nitrogens is 1. The van der Waals surface area contributed by atoms with Crippen molar-refractivity contribution in [2.45, 2.75) is 44.1 Å². The molecule has 2 saturated heterocycles. The minimum Gasteiger partial charge on any atom is -0.361 e. The maximum Gasteiger partial charge on any atom is 0.125 e. The summed E-state index contributed by atoms with van der Waals surface area (Å²) in [5, 5.41) is 4.79. The van der Waals surface area contributed by atoms with Crippen molar-refractivity contribution in [3.63, 3.8) is 0 Å². The molecular weight excluding hydrogens is 289 g/mol. The van der Waals surface area contributed by atoms with Crippen LogP contribution in [0, 0.1) is 5.82 Å². The van der Waals surface area contributed by atoms with E-state index >= 15 is 0 Å². The summed E-state index contributed by atoms with van der Waals surface area (Å²) < 4.78 is 13.3. The van der Waals surface area contributed by atoms with Crippen LogP contribution in [0.1, 0.15) is 43.6 Å². The van der Waals surface area contributed by atoms with Crippen LogP contribution in [0.3, 0.4) is 0 Å². The van der Waals surface area contributed by atoms with Crippen LogP contribution in [0.5, 0.6) is 0 Å². The third-order valence-electron chi connectivity index (χ3n) is 5.66. The Balaban J connectivity index is 1.35. The SMILES string of the molecule is Fc1ccc2c(C3CCN(CCC4CCCN4)CC3)c[nH]c2c1. The molecule has 0 bridgehead atoms. The molecule has 2 aromatic rings. The van der Waals surface area contributed by atoms with Crippen molar-refractivity contribution in [1.82, 2.24) is 15.2 Å². The number of aromatic nitrogens is 1. The van der Waals surface area contributed by atoms with Gasteiger partial charge in [0.15, 0.2) is 0 Å². The van der Waals surface area contributed by atoms with E-state index in [2.05, 4.69) is 21.4 Å². The van der Waals surface area contributed by atoms with E-state index in [1.807, 2.05) is 6.07 Å². The van der Waals surface area contributed by atoms with Crippen molar-refractivity contribution in [2.24, 2.45) is 0 Å². The minimum absolute atomic E-state index is 0.166. The van der Waals surface area contributed by atoms with Gasteiger partial charge in [-0.1, -0.05) is 0 Å². The molecule has 0 radical (unpaired) electrons. The monoisotopic (exact) mass is 315 g/mol.